The maximum Gasteiger partial charge on any atom is 0.239 e. The van der Waals surface area contributed by atoms with Gasteiger partial charge in [0.1, 0.15) is 6.04 Å². The Labute approximate surface area is 92.2 Å². The summed E-state index contributed by atoms with van der Waals surface area (Å²) in [5, 5.41) is 3.90. The Bertz CT molecular complexity index is 334. The summed E-state index contributed by atoms with van der Waals surface area (Å²) in [6.07, 6.45) is 0. The van der Waals surface area contributed by atoms with Gasteiger partial charge < -0.3 is 11.1 Å². The molecule has 0 heterocycles. The fourth-order valence-corrected chi connectivity index (χ4v) is 1.48. The van der Waals surface area contributed by atoms with E-state index in [0.29, 0.717) is 15.7 Å². The zero-order valence-electron chi connectivity index (χ0n) is 7.55. The summed E-state index contributed by atoms with van der Waals surface area (Å²) in [7, 11) is 0. The molecule has 3 nitrogen and oxygen atoms in total. The van der Waals surface area contributed by atoms with Gasteiger partial charge >= 0.3 is 0 Å². The van der Waals surface area contributed by atoms with E-state index in [4.69, 9.17) is 28.9 Å². The summed E-state index contributed by atoms with van der Waals surface area (Å²) in [4.78, 5) is 10.8. The molecule has 0 aromatic heterocycles. The Kier molecular flexibility index (Phi) is 3.61. The van der Waals surface area contributed by atoms with E-state index < -0.39 is 11.9 Å². The van der Waals surface area contributed by atoms with E-state index in [1.54, 1.807) is 25.1 Å². The molecule has 1 unspecified atom stereocenters. The highest BCUT2D eigenvalue weighted by atomic mass is 35.5. The first-order valence-electron chi connectivity index (χ1n) is 4.01. The smallest absolute Gasteiger partial charge is 0.239 e. The average Bonchev–Trinajstić information content (AvgIpc) is 2.01. The van der Waals surface area contributed by atoms with Gasteiger partial charge in [-0.1, -0.05) is 23.2 Å². The summed E-state index contributed by atoms with van der Waals surface area (Å²) in [6, 6.07) is 4.51. The number of nitrogens with two attached hydrogens (primary N) is 1. The highest BCUT2D eigenvalue weighted by Gasteiger charge is 2.08. The Morgan fingerprint density at radius 3 is 2.29 bits per heavy atom. The van der Waals surface area contributed by atoms with Gasteiger partial charge in [0.2, 0.25) is 5.91 Å². The van der Waals surface area contributed by atoms with Gasteiger partial charge in [0.15, 0.2) is 0 Å². The van der Waals surface area contributed by atoms with Crippen molar-refractivity contribution in [3.63, 3.8) is 0 Å². The number of hydrogen-bond donors (Lipinski definition) is 2. The van der Waals surface area contributed by atoms with Gasteiger partial charge in [0.05, 0.1) is 0 Å². The van der Waals surface area contributed by atoms with Crippen molar-refractivity contribution in [2.45, 2.75) is 13.0 Å². The summed E-state index contributed by atoms with van der Waals surface area (Å²) in [5.74, 6) is -0.430. The molecule has 0 bridgehead atoms. The van der Waals surface area contributed by atoms with Crippen molar-refractivity contribution in [1.82, 2.24) is 0 Å². The van der Waals surface area contributed by atoms with Crippen LogP contribution in [0.15, 0.2) is 18.2 Å². The summed E-state index contributed by atoms with van der Waals surface area (Å²) < 4.78 is 0. The zero-order valence-corrected chi connectivity index (χ0v) is 9.06. The van der Waals surface area contributed by atoms with Gasteiger partial charge in [-0.15, -0.1) is 0 Å². The molecule has 0 saturated carbocycles. The molecule has 0 spiro atoms. The number of benzene rings is 1. The van der Waals surface area contributed by atoms with Crippen LogP contribution in [0.2, 0.25) is 10.0 Å². The number of amides is 1. The first kappa shape index (κ1) is 11.1. The van der Waals surface area contributed by atoms with E-state index >= 15 is 0 Å². The van der Waals surface area contributed by atoms with E-state index in [2.05, 4.69) is 5.32 Å². The highest BCUT2D eigenvalue weighted by Crippen LogP contribution is 2.22. The van der Waals surface area contributed by atoms with Gasteiger partial charge in [-0.3, -0.25) is 4.79 Å². The predicted molar refractivity (Wildman–Crippen MR) is 58.7 cm³/mol. The number of hydrogen-bond acceptors (Lipinski definition) is 2. The Morgan fingerprint density at radius 1 is 1.36 bits per heavy atom. The van der Waals surface area contributed by atoms with E-state index in [1.165, 1.54) is 0 Å². The van der Waals surface area contributed by atoms with Crippen LogP contribution in [0.5, 0.6) is 0 Å². The third-order valence-corrected chi connectivity index (χ3v) is 2.11. The van der Waals surface area contributed by atoms with Gasteiger partial charge in [0, 0.05) is 15.7 Å². The minimum Gasteiger partial charge on any atom is -0.374 e. The van der Waals surface area contributed by atoms with Crippen molar-refractivity contribution in [3.05, 3.63) is 28.2 Å². The number of carbonyl (C=O) groups excluding carboxylic acids is 1. The third kappa shape index (κ3) is 3.09. The maximum atomic E-state index is 10.8. The number of halogens is 2. The molecule has 0 aliphatic carbocycles. The molecule has 5 heteroatoms. The fraction of sp³-hybridized carbons (Fsp3) is 0.222. The van der Waals surface area contributed by atoms with Crippen LogP contribution in [-0.4, -0.2) is 11.9 Å². The summed E-state index contributed by atoms with van der Waals surface area (Å²) in [6.45, 7) is 1.66. The molecule has 0 saturated heterocycles. The fourth-order valence-electron chi connectivity index (χ4n) is 0.958. The Balaban J connectivity index is 2.81. The van der Waals surface area contributed by atoms with Crippen LogP contribution < -0.4 is 11.1 Å². The lowest BCUT2D eigenvalue weighted by Crippen LogP contribution is -2.32. The SMILES string of the molecule is CC(Nc1cc(Cl)cc(Cl)c1)C(N)=O. The lowest BCUT2D eigenvalue weighted by Gasteiger charge is -2.11. The zero-order chi connectivity index (χ0) is 10.7. The van der Waals surface area contributed by atoms with E-state index in [-0.39, 0.29) is 0 Å². The second kappa shape index (κ2) is 4.53. The molecule has 3 N–H and O–H groups in total. The Hall–Kier alpha value is -0.930. The second-order valence-electron chi connectivity index (χ2n) is 2.93. The number of carbonyl (C=O) groups is 1. The van der Waals surface area contributed by atoms with E-state index in [9.17, 15) is 4.79 Å². The molecule has 0 radical (unpaired) electrons. The summed E-state index contributed by atoms with van der Waals surface area (Å²) in [5.41, 5.74) is 5.77. The van der Waals surface area contributed by atoms with Gasteiger partial charge in [-0.05, 0) is 25.1 Å². The summed E-state index contributed by atoms with van der Waals surface area (Å²) >= 11 is 11.5. The highest BCUT2D eigenvalue weighted by molar-refractivity contribution is 6.35. The average molecular weight is 233 g/mol. The molecule has 1 atom stereocenters. The van der Waals surface area contributed by atoms with Crippen molar-refractivity contribution in [2.24, 2.45) is 5.73 Å². The van der Waals surface area contributed by atoms with Crippen molar-refractivity contribution in [1.29, 1.82) is 0 Å². The molecule has 1 rings (SSSR count). The van der Waals surface area contributed by atoms with Crippen LogP contribution in [0.3, 0.4) is 0 Å². The molecule has 76 valence electrons. The van der Waals surface area contributed by atoms with Crippen LogP contribution in [0, 0.1) is 0 Å². The molecular formula is C9H10Cl2N2O. The molecule has 0 fully saturated rings. The molecule has 0 aliphatic heterocycles. The van der Waals surface area contributed by atoms with Gasteiger partial charge in [-0.25, -0.2) is 0 Å². The van der Waals surface area contributed by atoms with Crippen LogP contribution in [0.1, 0.15) is 6.92 Å². The van der Waals surface area contributed by atoms with Crippen molar-refractivity contribution in [2.75, 3.05) is 5.32 Å². The van der Waals surface area contributed by atoms with Crippen LogP contribution >= 0.6 is 23.2 Å². The maximum absolute atomic E-state index is 10.8. The first-order chi connectivity index (χ1) is 6.49. The minimum atomic E-state index is -0.454. The normalized spacial score (nSPS) is 12.2. The van der Waals surface area contributed by atoms with E-state index in [0.717, 1.165) is 0 Å². The second-order valence-corrected chi connectivity index (χ2v) is 3.80. The lowest BCUT2D eigenvalue weighted by atomic mass is 10.2. The van der Waals surface area contributed by atoms with Crippen LogP contribution in [-0.2, 0) is 4.79 Å². The minimum absolute atomic E-state index is 0.430. The number of rotatable bonds is 3. The predicted octanol–water partition coefficient (Wildman–Crippen LogP) is 2.28. The van der Waals surface area contributed by atoms with Crippen molar-refractivity contribution in [3.8, 4) is 0 Å². The van der Waals surface area contributed by atoms with E-state index in [1.807, 2.05) is 0 Å². The number of primary amides is 1. The quantitative estimate of drug-likeness (QED) is 0.841. The third-order valence-electron chi connectivity index (χ3n) is 1.67. The molecule has 0 aliphatic rings. The number of nitrogens with one attached hydrogen (secondary N) is 1. The Morgan fingerprint density at radius 2 is 1.86 bits per heavy atom. The standard InChI is InChI=1S/C9H10Cl2N2O/c1-5(9(12)14)13-8-3-6(10)2-7(11)4-8/h2-5,13H,1H3,(H2,12,14). The molecule has 14 heavy (non-hydrogen) atoms. The largest absolute Gasteiger partial charge is 0.374 e. The van der Waals surface area contributed by atoms with Crippen molar-refractivity contribution >= 4 is 34.8 Å². The first-order valence-corrected chi connectivity index (χ1v) is 4.76. The number of anilines is 1. The lowest BCUT2D eigenvalue weighted by molar-refractivity contribution is -0.118. The molecule has 1 aromatic carbocycles. The van der Waals surface area contributed by atoms with Crippen LogP contribution in [0.25, 0.3) is 0 Å². The molecular weight excluding hydrogens is 223 g/mol. The molecule has 1 amide bonds. The molecule has 1 aromatic rings. The van der Waals surface area contributed by atoms with Crippen molar-refractivity contribution < 1.29 is 4.79 Å². The van der Waals surface area contributed by atoms with Crippen LogP contribution in [0.4, 0.5) is 5.69 Å². The monoisotopic (exact) mass is 232 g/mol. The van der Waals surface area contributed by atoms with Gasteiger partial charge in [0.25, 0.3) is 0 Å². The topological polar surface area (TPSA) is 55.1 Å². The van der Waals surface area contributed by atoms with Gasteiger partial charge in [-0.2, -0.15) is 0 Å².